The number of aromatic nitrogens is 1. The van der Waals surface area contributed by atoms with Crippen LogP contribution in [-0.4, -0.2) is 22.8 Å². The number of ether oxygens (including phenoxy) is 1. The first-order valence-corrected chi connectivity index (χ1v) is 7.75. The number of hydrogen-bond acceptors (Lipinski definition) is 3. The molecule has 120 valence electrons. The Morgan fingerprint density at radius 2 is 1.83 bits per heavy atom. The molecule has 0 amide bonds. The van der Waals surface area contributed by atoms with E-state index in [1.165, 1.54) is 6.08 Å². The van der Waals surface area contributed by atoms with Crippen LogP contribution in [0.1, 0.15) is 33.3 Å². The lowest BCUT2D eigenvalue weighted by atomic mass is 10.1. The van der Waals surface area contributed by atoms with E-state index in [4.69, 9.17) is 4.74 Å². The highest BCUT2D eigenvalue weighted by atomic mass is 16.5. The number of nitrogens with zero attached hydrogens (tertiary/aromatic N) is 1. The third kappa shape index (κ3) is 3.13. The summed E-state index contributed by atoms with van der Waals surface area (Å²) in [5.74, 6) is -0.731. The van der Waals surface area contributed by atoms with Crippen LogP contribution < -0.4 is 0 Å². The zero-order valence-electron chi connectivity index (χ0n) is 13.3. The van der Waals surface area contributed by atoms with E-state index in [1.54, 1.807) is 29.7 Å². The molecule has 0 saturated carbocycles. The van der Waals surface area contributed by atoms with Gasteiger partial charge >= 0.3 is 5.97 Å². The van der Waals surface area contributed by atoms with Crippen LogP contribution in [0.3, 0.4) is 0 Å². The van der Waals surface area contributed by atoms with Gasteiger partial charge in [0.2, 0.25) is 5.78 Å². The normalized spacial score (nSPS) is 11.0. The molecule has 4 nitrogen and oxygen atoms in total. The molecular formula is C20H17NO3. The number of pyridine rings is 1. The SMILES string of the molecule is CCOC(=O)c1cc2ccccn2c1C(=O)/C=C/c1ccccc1. The lowest BCUT2D eigenvalue weighted by molar-refractivity contribution is 0.0523. The molecule has 0 radical (unpaired) electrons. The number of esters is 1. The quantitative estimate of drug-likeness (QED) is 0.405. The molecular weight excluding hydrogens is 302 g/mol. The first-order valence-electron chi connectivity index (χ1n) is 7.75. The molecule has 0 atom stereocenters. The molecule has 0 saturated heterocycles. The smallest absolute Gasteiger partial charge is 0.340 e. The monoisotopic (exact) mass is 319 g/mol. The van der Waals surface area contributed by atoms with Crippen molar-refractivity contribution in [2.45, 2.75) is 6.92 Å². The Hall–Kier alpha value is -3.14. The van der Waals surface area contributed by atoms with E-state index < -0.39 is 5.97 Å². The van der Waals surface area contributed by atoms with Gasteiger partial charge in [0.1, 0.15) is 5.69 Å². The van der Waals surface area contributed by atoms with Crippen LogP contribution in [0.5, 0.6) is 0 Å². The minimum absolute atomic E-state index is 0.242. The summed E-state index contributed by atoms with van der Waals surface area (Å²) in [5, 5.41) is 0. The number of rotatable bonds is 5. The summed E-state index contributed by atoms with van der Waals surface area (Å²) in [6.07, 6.45) is 4.98. The largest absolute Gasteiger partial charge is 0.462 e. The Balaban J connectivity index is 2.03. The fourth-order valence-electron chi connectivity index (χ4n) is 2.55. The van der Waals surface area contributed by atoms with E-state index in [0.29, 0.717) is 5.69 Å². The second kappa shape index (κ2) is 6.96. The summed E-state index contributed by atoms with van der Waals surface area (Å²) in [7, 11) is 0. The molecule has 1 aromatic carbocycles. The Kier molecular flexibility index (Phi) is 4.57. The summed E-state index contributed by atoms with van der Waals surface area (Å²) in [6, 6.07) is 16.7. The molecule has 2 aromatic heterocycles. The van der Waals surface area contributed by atoms with Gasteiger partial charge in [-0.1, -0.05) is 42.5 Å². The van der Waals surface area contributed by atoms with Crippen molar-refractivity contribution >= 4 is 23.3 Å². The standard InChI is InChI=1S/C20H17NO3/c1-2-24-20(23)17-14-16-10-6-7-13-21(16)19(17)18(22)12-11-15-8-4-3-5-9-15/h3-14H,2H2,1H3/b12-11+. The lowest BCUT2D eigenvalue weighted by Gasteiger charge is -2.03. The molecule has 0 spiro atoms. The van der Waals surface area contributed by atoms with Crippen molar-refractivity contribution < 1.29 is 14.3 Å². The predicted molar refractivity (Wildman–Crippen MR) is 93.2 cm³/mol. The maximum atomic E-state index is 12.7. The number of ketones is 1. The van der Waals surface area contributed by atoms with Gasteiger partial charge in [-0.15, -0.1) is 0 Å². The topological polar surface area (TPSA) is 47.8 Å². The van der Waals surface area contributed by atoms with E-state index in [1.807, 2.05) is 48.5 Å². The zero-order valence-corrected chi connectivity index (χ0v) is 13.3. The van der Waals surface area contributed by atoms with Crippen LogP contribution in [0.15, 0.2) is 66.9 Å². The van der Waals surface area contributed by atoms with Crippen LogP contribution in [0.4, 0.5) is 0 Å². The van der Waals surface area contributed by atoms with Crippen molar-refractivity contribution in [3.8, 4) is 0 Å². The highest BCUT2D eigenvalue weighted by molar-refractivity contribution is 6.13. The zero-order chi connectivity index (χ0) is 16.9. The van der Waals surface area contributed by atoms with Crippen molar-refractivity contribution in [1.29, 1.82) is 0 Å². The Morgan fingerprint density at radius 3 is 2.58 bits per heavy atom. The van der Waals surface area contributed by atoms with Gasteiger partial charge in [-0.05, 0) is 36.8 Å². The van der Waals surface area contributed by atoms with E-state index in [0.717, 1.165) is 11.1 Å². The van der Waals surface area contributed by atoms with E-state index >= 15 is 0 Å². The Morgan fingerprint density at radius 1 is 1.08 bits per heavy atom. The summed E-state index contributed by atoms with van der Waals surface area (Å²) in [4.78, 5) is 24.9. The lowest BCUT2D eigenvalue weighted by Crippen LogP contribution is -2.11. The molecule has 3 aromatic rings. The number of fused-ring (bicyclic) bond motifs is 1. The molecule has 2 heterocycles. The summed E-state index contributed by atoms with van der Waals surface area (Å²) in [5.41, 5.74) is 2.29. The van der Waals surface area contributed by atoms with Gasteiger partial charge in [0.25, 0.3) is 0 Å². The van der Waals surface area contributed by atoms with Crippen molar-refractivity contribution in [3.63, 3.8) is 0 Å². The van der Waals surface area contributed by atoms with E-state index in [9.17, 15) is 9.59 Å². The maximum Gasteiger partial charge on any atom is 0.340 e. The minimum atomic E-state index is -0.488. The molecule has 3 rings (SSSR count). The van der Waals surface area contributed by atoms with Crippen molar-refractivity contribution in [3.05, 3.63) is 83.7 Å². The molecule has 24 heavy (non-hydrogen) atoms. The molecule has 0 N–H and O–H groups in total. The van der Waals surface area contributed by atoms with Crippen molar-refractivity contribution in [2.24, 2.45) is 0 Å². The Bertz CT molecular complexity index is 907. The highest BCUT2D eigenvalue weighted by Crippen LogP contribution is 2.19. The molecule has 0 unspecified atom stereocenters. The molecule has 0 aliphatic carbocycles. The maximum absolute atomic E-state index is 12.7. The Labute approximate surface area is 140 Å². The third-order valence-electron chi connectivity index (χ3n) is 3.64. The van der Waals surface area contributed by atoms with Crippen LogP contribution in [-0.2, 0) is 4.74 Å². The molecule has 4 heteroatoms. The summed E-state index contributed by atoms with van der Waals surface area (Å²) < 4.78 is 6.79. The summed E-state index contributed by atoms with van der Waals surface area (Å²) >= 11 is 0. The second-order valence-electron chi connectivity index (χ2n) is 5.23. The number of carbonyl (C=O) groups is 2. The van der Waals surface area contributed by atoms with Gasteiger partial charge in [0, 0.05) is 11.7 Å². The first-order chi connectivity index (χ1) is 11.7. The predicted octanol–water partition coefficient (Wildman–Crippen LogP) is 4.01. The summed E-state index contributed by atoms with van der Waals surface area (Å²) in [6.45, 7) is 2.00. The highest BCUT2D eigenvalue weighted by Gasteiger charge is 2.21. The van der Waals surface area contributed by atoms with Gasteiger partial charge in [-0.25, -0.2) is 4.79 Å². The fraction of sp³-hybridized carbons (Fsp3) is 0.100. The van der Waals surface area contributed by atoms with Gasteiger partial charge in [-0.2, -0.15) is 0 Å². The third-order valence-corrected chi connectivity index (χ3v) is 3.64. The van der Waals surface area contributed by atoms with Crippen molar-refractivity contribution in [1.82, 2.24) is 4.40 Å². The van der Waals surface area contributed by atoms with Crippen LogP contribution in [0.25, 0.3) is 11.6 Å². The van der Waals surface area contributed by atoms with E-state index in [-0.39, 0.29) is 18.0 Å². The minimum Gasteiger partial charge on any atom is -0.462 e. The molecule has 0 aliphatic heterocycles. The average Bonchev–Trinajstić information content (AvgIpc) is 3.00. The van der Waals surface area contributed by atoms with Gasteiger partial charge < -0.3 is 9.14 Å². The number of allylic oxidation sites excluding steroid dienone is 1. The fourth-order valence-corrected chi connectivity index (χ4v) is 2.55. The van der Waals surface area contributed by atoms with Gasteiger partial charge in [0.05, 0.1) is 12.2 Å². The van der Waals surface area contributed by atoms with Gasteiger partial charge in [0.15, 0.2) is 0 Å². The number of carbonyl (C=O) groups excluding carboxylic acids is 2. The number of hydrogen-bond donors (Lipinski definition) is 0. The second-order valence-corrected chi connectivity index (χ2v) is 5.23. The molecule has 0 bridgehead atoms. The molecule has 0 fully saturated rings. The van der Waals surface area contributed by atoms with Crippen LogP contribution >= 0.6 is 0 Å². The molecule has 0 aliphatic rings. The van der Waals surface area contributed by atoms with E-state index in [2.05, 4.69) is 0 Å². The van der Waals surface area contributed by atoms with Crippen LogP contribution in [0, 0.1) is 0 Å². The van der Waals surface area contributed by atoms with Crippen LogP contribution in [0.2, 0.25) is 0 Å². The van der Waals surface area contributed by atoms with Gasteiger partial charge in [-0.3, -0.25) is 4.79 Å². The number of benzene rings is 1. The first kappa shape index (κ1) is 15.7. The average molecular weight is 319 g/mol. The van der Waals surface area contributed by atoms with Crippen molar-refractivity contribution in [2.75, 3.05) is 6.61 Å².